The number of aromatic nitrogens is 1. The fraction of sp³-hybridized carbons (Fsp3) is 0.333. The molecule has 0 saturated heterocycles. The van der Waals surface area contributed by atoms with E-state index in [1.54, 1.807) is 6.20 Å². The Kier molecular flexibility index (Phi) is 3.88. The number of nitrogens with zero attached hydrogens (tertiary/aromatic N) is 1. The van der Waals surface area contributed by atoms with E-state index in [1.165, 1.54) is 0 Å². The molecule has 1 rings (SSSR count). The number of pyridine rings is 1. The first-order valence-electron chi connectivity index (χ1n) is 4.24. The number of amides is 1. The molecule has 0 unspecified atom stereocenters. The molecule has 1 heterocycles. The molecule has 0 saturated carbocycles. The molecule has 0 spiro atoms. The number of aryl methyl sites for hydroxylation is 1. The van der Waals surface area contributed by atoms with Crippen LogP contribution in [0.5, 0.6) is 0 Å². The summed E-state index contributed by atoms with van der Waals surface area (Å²) in [7, 11) is 0. The first-order valence-corrected chi connectivity index (χ1v) is 5.03. The predicted molar refractivity (Wildman–Crippen MR) is 59.0 cm³/mol. The zero-order valence-corrected chi connectivity index (χ0v) is 9.47. The van der Waals surface area contributed by atoms with Crippen molar-refractivity contribution in [1.29, 1.82) is 0 Å². The van der Waals surface area contributed by atoms with Crippen LogP contribution in [-0.4, -0.2) is 17.4 Å². The maximum Gasteiger partial charge on any atom is 0.219 e. The van der Waals surface area contributed by atoms with E-state index < -0.39 is 0 Å². The molecular weight excluding hydrogens is 246 g/mol. The number of nitrogens with one attached hydrogen (secondary N) is 1. The van der Waals surface area contributed by atoms with Gasteiger partial charge in [-0.15, -0.1) is 0 Å². The van der Waals surface area contributed by atoms with Crippen LogP contribution in [0.4, 0.5) is 5.82 Å². The van der Waals surface area contributed by atoms with E-state index in [0.717, 1.165) is 15.9 Å². The zero-order chi connectivity index (χ0) is 10.6. The Balaban J connectivity index is 2.55. The summed E-state index contributed by atoms with van der Waals surface area (Å²) >= 11 is 3.32. The third-order valence-electron chi connectivity index (χ3n) is 1.71. The van der Waals surface area contributed by atoms with Crippen molar-refractivity contribution in [2.75, 3.05) is 11.9 Å². The Hall–Kier alpha value is -1.10. The van der Waals surface area contributed by atoms with Crippen LogP contribution in [0.3, 0.4) is 0 Å². The third kappa shape index (κ3) is 3.33. The molecule has 14 heavy (non-hydrogen) atoms. The summed E-state index contributed by atoms with van der Waals surface area (Å²) in [6, 6.07) is 1.96. The highest BCUT2D eigenvalue weighted by molar-refractivity contribution is 9.10. The summed E-state index contributed by atoms with van der Waals surface area (Å²) in [5, 5.41) is 3.04. The standard InChI is InChI=1S/C9H12BrN3O/c1-6-4-7(10)5-13-9(6)12-3-2-8(11)14/h4-5H,2-3H2,1H3,(H2,11,14)(H,12,13). The number of anilines is 1. The molecule has 0 bridgehead atoms. The van der Waals surface area contributed by atoms with Gasteiger partial charge in [-0.3, -0.25) is 4.79 Å². The van der Waals surface area contributed by atoms with E-state index in [0.29, 0.717) is 13.0 Å². The SMILES string of the molecule is Cc1cc(Br)cnc1NCCC(N)=O. The van der Waals surface area contributed by atoms with Crippen LogP contribution in [0.1, 0.15) is 12.0 Å². The van der Waals surface area contributed by atoms with E-state index in [-0.39, 0.29) is 5.91 Å². The number of hydrogen-bond acceptors (Lipinski definition) is 3. The fourth-order valence-corrected chi connectivity index (χ4v) is 1.48. The third-order valence-corrected chi connectivity index (χ3v) is 2.14. The molecule has 1 amide bonds. The lowest BCUT2D eigenvalue weighted by Crippen LogP contribution is -2.16. The summed E-state index contributed by atoms with van der Waals surface area (Å²) in [6.45, 7) is 2.47. The number of nitrogens with two attached hydrogens (primary N) is 1. The normalized spacial score (nSPS) is 9.86. The van der Waals surface area contributed by atoms with Gasteiger partial charge in [-0.1, -0.05) is 0 Å². The van der Waals surface area contributed by atoms with Gasteiger partial charge in [-0.2, -0.15) is 0 Å². The Morgan fingerprint density at radius 1 is 1.71 bits per heavy atom. The molecule has 1 aromatic heterocycles. The first kappa shape index (κ1) is 11.0. The van der Waals surface area contributed by atoms with Crippen molar-refractivity contribution in [2.24, 2.45) is 5.73 Å². The van der Waals surface area contributed by atoms with E-state index in [4.69, 9.17) is 5.73 Å². The molecule has 0 aliphatic heterocycles. The minimum Gasteiger partial charge on any atom is -0.370 e. The van der Waals surface area contributed by atoms with Crippen LogP contribution < -0.4 is 11.1 Å². The van der Waals surface area contributed by atoms with Crippen LogP contribution in [-0.2, 0) is 4.79 Å². The number of carbonyl (C=O) groups excluding carboxylic acids is 1. The number of halogens is 1. The molecule has 0 aromatic carbocycles. The minimum atomic E-state index is -0.313. The fourth-order valence-electron chi connectivity index (χ4n) is 1.03. The van der Waals surface area contributed by atoms with Gasteiger partial charge in [0.25, 0.3) is 0 Å². The lowest BCUT2D eigenvalue weighted by atomic mass is 10.3. The van der Waals surface area contributed by atoms with Gasteiger partial charge >= 0.3 is 0 Å². The van der Waals surface area contributed by atoms with Gasteiger partial charge in [-0.25, -0.2) is 4.98 Å². The maximum atomic E-state index is 10.5. The molecule has 76 valence electrons. The maximum absolute atomic E-state index is 10.5. The molecule has 0 atom stereocenters. The van der Waals surface area contributed by atoms with Crippen molar-refractivity contribution in [3.05, 3.63) is 22.3 Å². The van der Waals surface area contributed by atoms with Gasteiger partial charge in [-0.05, 0) is 34.5 Å². The zero-order valence-electron chi connectivity index (χ0n) is 7.88. The van der Waals surface area contributed by atoms with Gasteiger partial charge in [0, 0.05) is 23.6 Å². The Morgan fingerprint density at radius 2 is 2.43 bits per heavy atom. The monoisotopic (exact) mass is 257 g/mol. The van der Waals surface area contributed by atoms with Gasteiger partial charge < -0.3 is 11.1 Å². The molecule has 1 aromatic rings. The number of hydrogen-bond donors (Lipinski definition) is 2. The molecule has 0 radical (unpaired) electrons. The second-order valence-electron chi connectivity index (χ2n) is 2.96. The van der Waals surface area contributed by atoms with Crippen LogP contribution >= 0.6 is 15.9 Å². The van der Waals surface area contributed by atoms with Crippen molar-refractivity contribution in [3.8, 4) is 0 Å². The van der Waals surface area contributed by atoms with Gasteiger partial charge in [0.2, 0.25) is 5.91 Å². The summed E-state index contributed by atoms with van der Waals surface area (Å²) in [4.78, 5) is 14.6. The highest BCUT2D eigenvalue weighted by Gasteiger charge is 2.00. The molecule has 4 nitrogen and oxygen atoms in total. The quantitative estimate of drug-likeness (QED) is 0.858. The lowest BCUT2D eigenvalue weighted by Gasteiger charge is -2.07. The average molecular weight is 258 g/mol. The van der Waals surface area contributed by atoms with Crippen molar-refractivity contribution < 1.29 is 4.79 Å². The number of carbonyl (C=O) groups is 1. The van der Waals surface area contributed by atoms with E-state index in [1.807, 2.05) is 13.0 Å². The van der Waals surface area contributed by atoms with Gasteiger partial charge in [0.1, 0.15) is 5.82 Å². The average Bonchev–Trinajstić information content (AvgIpc) is 2.08. The molecule has 5 heteroatoms. The molecule has 0 aliphatic carbocycles. The largest absolute Gasteiger partial charge is 0.370 e. The van der Waals surface area contributed by atoms with Crippen molar-refractivity contribution in [3.63, 3.8) is 0 Å². The molecule has 3 N–H and O–H groups in total. The smallest absolute Gasteiger partial charge is 0.219 e. The highest BCUT2D eigenvalue weighted by atomic mass is 79.9. The molecule has 0 aliphatic rings. The second-order valence-corrected chi connectivity index (χ2v) is 3.88. The lowest BCUT2D eigenvalue weighted by molar-refractivity contribution is -0.117. The summed E-state index contributed by atoms with van der Waals surface area (Å²) in [5.74, 6) is 0.474. The van der Waals surface area contributed by atoms with E-state index >= 15 is 0 Å². The summed E-state index contributed by atoms with van der Waals surface area (Å²) in [6.07, 6.45) is 2.02. The van der Waals surface area contributed by atoms with Crippen molar-refractivity contribution in [2.45, 2.75) is 13.3 Å². The van der Waals surface area contributed by atoms with Crippen LogP contribution in [0.25, 0.3) is 0 Å². The van der Waals surface area contributed by atoms with Crippen LogP contribution in [0, 0.1) is 6.92 Å². The van der Waals surface area contributed by atoms with E-state index in [9.17, 15) is 4.79 Å². The van der Waals surface area contributed by atoms with Crippen molar-refractivity contribution in [1.82, 2.24) is 4.98 Å². The van der Waals surface area contributed by atoms with E-state index in [2.05, 4.69) is 26.2 Å². The molecule has 0 fully saturated rings. The van der Waals surface area contributed by atoms with Gasteiger partial charge in [0.05, 0.1) is 0 Å². The van der Waals surface area contributed by atoms with Gasteiger partial charge in [0.15, 0.2) is 0 Å². The first-order chi connectivity index (χ1) is 6.59. The Bertz CT molecular complexity index is 341. The Morgan fingerprint density at radius 3 is 3.00 bits per heavy atom. The topological polar surface area (TPSA) is 68.0 Å². The highest BCUT2D eigenvalue weighted by Crippen LogP contribution is 2.16. The number of rotatable bonds is 4. The Labute approximate surface area is 91.0 Å². The summed E-state index contributed by atoms with van der Waals surface area (Å²) in [5.41, 5.74) is 6.04. The number of primary amides is 1. The van der Waals surface area contributed by atoms with Crippen LogP contribution in [0.2, 0.25) is 0 Å². The predicted octanol–water partition coefficient (Wildman–Crippen LogP) is 1.44. The summed E-state index contributed by atoms with van der Waals surface area (Å²) < 4.78 is 0.940. The van der Waals surface area contributed by atoms with Crippen LogP contribution in [0.15, 0.2) is 16.7 Å². The van der Waals surface area contributed by atoms with Crippen molar-refractivity contribution >= 4 is 27.7 Å². The minimum absolute atomic E-state index is 0.313. The second kappa shape index (κ2) is 4.95. The molecular formula is C9H12BrN3O.